The number of rotatable bonds is 4. The zero-order valence-electron chi connectivity index (χ0n) is 13.9. The number of aliphatic hydroxyl groups is 1. The predicted octanol–water partition coefficient (Wildman–Crippen LogP) is 3.03. The van der Waals surface area contributed by atoms with Crippen LogP contribution < -0.4 is 0 Å². The summed E-state index contributed by atoms with van der Waals surface area (Å²) < 4.78 is 5.42. The van der Waals surface area contributed by atoms with E-state index in [9.17, 15) is 9.90 Å². The Balaban J connectivity index is 1.77. The molecule has 1 aromatic rings. The van der Waals surface area contributed by atoms with Gasteiger partial charge >= 0.3 is 5.97 Å². The third kappa shape index (κ3) is 3.00. The Morgan fingerprint density at radius 2 is 1.96 bits per heavy atom. The van der Waals surface area contributed by atoms with Crippen molar-refractivity contribution < 1.29 is 14.6 Å². The topological polar surface area (TPSA) is 49.8 Å². The molecule has 3 heterocycles. The van der Waals surface area contributed by atoms with Gasteiger partial charge < -0.3 is 14.7 Å². The summed E-state index contributed by atoms with van der Waals surface area (Å²) in [4.78, 5) is 14.9. The number of hydrogen-bond donors (Lipinski definition) is 1. The number of ether oxygens (including phenoxy) is 1. The average Bonchev–Trinajstić information content (AvgIpc) is 2.60. The normalized spacial score (nSPS) is 22.4. The van der Waals surface area contributed by atoms with Crippen molar-refractivity contribution in [1.82, 2.24) is 4.90 Å². The van der Waals surface area contributed by atoms with Crippen LogP contribution >= 0.6 is 0 Å². The van der Waals surface area contributed by atoms with Gasteiger partial charge in [0.05, 0.1) is 0 Å². The summed E-state index contributed by atoms with van der Waals surface area (Å²) in [5.41, 5.74) is 0.0327. The van der Waals surface area contributed by atoms with E-state index in [1.807, 2.05) is 32.0 Å². The van der Waals surface area contributed by atoms with Crippen LogP contribution in [0.1, 0.15) is 38.7 Å². The minimum absolute atomic E-state index is 0.279. The zero-order valence-corrected chi connectivity index (χ0v) is 13.9. The number of benzene rings is 1. The molecule has 1 N–H and O–H groups in total. The molecule has 0 radical (unpaired) electrons. The summed E-state index contributed by atoms with van der Waals surface area (Å²) >= 11 is 0. The first-order valence-corrected chi connectivity index (χ1v) is 8.44. The van der Waals surface area contributed by atoms with Gasteiger partial charge in [0.2, 0.25) is 0 Å². The molecule has 1 atom stereocenters. The van der Waals surface area contributed by atoms with E-state index in [2.05, 4.69) is 4.90 Å². The highest BCUT2D eigenvalue weighted by Gasteiger charge is 2.43. The summed E-state index contributed by atoms with van der Waals surface area (Å²) in [5.74, 6) is -0.171. The van der Waals surface area contributed by atoms with Gasteiger partial charge in [-0.05, 0) is 36.7 Å². The molecule has 3 fully saturated rings. The van der Waals surface area contributed by atoms with Gasteiger partial charge in [-0.1, -0.05) is 44.2 Å². The maximum Gasteiger partial charge on any atom is 0.347 e. The fourth-order valence-electron chi connectivity index (χ4n) is 3.56. The highest BCUT2D eigenvalue weighted by molar-refractivity contribution is 5.82. The summed E-state index contributed by atoms with van der Waals surface area (Å²) in [6, 6.07) is 9.03. The molecule has 0 spiro atoms. The van der Waals surface area contributed by atoms with Crippen LogP contribution in [0.25, 0.3) is 0 Å². The van der Waals surface area contributed by atoms with E-state index < -0.39 is 11.6 Å². The molecule has 3 saturated heterocycles. The lowest BCUT2D eigenvalue weighted by atomic mass is 9.83. The third-order valence-corrected chi connectivity index (χ3v) is 5.18. The van der Waals surface area contributed by atoms with Crippen molar-refractivity contribution in [1.29, 1.82) is 0 Å². The number of nitrogens with zero attached hydrogens (tertiary/aromatic N) is 1. The maximum atomic E-state index is 12.6. The summed E-state index contributed by atoms with van der Waals surface area (Å²) in [6.07, 6.45) is 4.99. The van der Waals surface area contributed by atoms with Crippen LogP contribution in [0.15, 0.2) is 42.3 Å². The Labute approximate surface area is 137 Å². The van der Waals surface area contributed by atoms with Crippen LogP contribution in [0.3, 0.4) is 0 Å². The lowest BCUT2D eigenvalue weighted by Crippen LogP contribution is -2.42. The summed E-state index contributed by atoms with van der Waals surface area (Å²) in [5, 5.41) is 11.0. The van der Waals surface area contributed by atoms with E-state index in [0.717, 1.165) is 25.2 Å². The monoisotopic (exact) mass is 315 g/mol. The predicted molar refractivity (Wildman–Crippen MR) is 88.3 cm³/mol. The van der Waals surface area contributed by atoms with Crippen molar-refractivity contribution in [3.63, 3.8) is 0 Å². The van der Waals surface area contributed by atoms with Crippen LogP contribution in [-0.4, -0.2) is 29.1 Å². The largest absolute Gasteiger partial charge is 0.430 e. The van der Waals surface area contributed by atoms with E-state index >= 15 is 0 Å². The van der Waals surface area contributed by atoms with E-state index in [-0.39, 0.29) is 5.92 Å². The smallest absolute Gasteiger partial charge is 0.347 e. The zero-order chi connectivity index (χ0) is 16.4. The molecule has 0 amide bonds. The minimum Gasteiger partial charge on any atom is -0.430 e. The van der Waals surface area contributed by atoms with Crippen molar-refractivity contribution >= 4 is 5.97 Å². The molecule has 1 aromatic carbocycles. The Kier molecular flexibility index (Phi) is 4.44. The van der Waals surface area contributed by atoms with Crippen LogP contribution in [-0.2, 0) is 15.1 Å². The quantitative estimate of drug-likeness (QED) is 0.685. The number of esters is 1. The van der Waals surface area contributed by atoms with Crippen LogP contribution in [0.4, 0.5) is 0 Å². The lowest BCUT2D eigenvalue weighted by Gasteiger charge is -2.42. The molecule has 3 aliphatic heterocycles. The second-order valence-electron chi connectivity index (χ2n) is 6.94. The van der Waals surface area contributed by atoms with Gasteiger partial charge in [0.15, 0.2) is 5.60 Å². The highest BCUT2D eigenvalue weighted by atomic mass is 16.5. The Morgan fingerprint density at radius 1 is 1.30 bits per heavy atom. The number of hydrogen-bond acceptors (Lipinski definition) is 4. The SMILES string of the molecule is CC(C)C(O)(C(=O)O/C=C1\CC2CCN1CC2)c1ccccc1. The van der Waals surface area contributed by atoms with Gasteiger partial charge in [0, 0.05) is 18.8 Å². The molecule has 124 valence electrons. The van der Waals surface area contributed by atoms with Gasteiger partial charge in [-0.25, -0.2) is 4.79 Å². The van der Waals surface area contributed by atoms with E-state index in [1.165, 1.54) is 12.8 Å². The molecule has 0 aliphatic carbocycles. The molecule has 1 unspecified atom stereocenters. The Hall–Kier alpha value is -1.81. The molecule has 4 nitrogen and oxygen atoms in total. The van der Waals surface area contributed by atoms with Crippen molar-refractivity contribution in [2.45, 2.75) is 38.7 Å². The number of allylic oxidation sites excluding steroid dienone is 1. The van der Waals surface area contributed by atoms with Gasteiger partial charge in [-0.3, -0.25) is 0 Å². The van der Waals surface area contributed by atoms with E-state index in [1.54, 1.807) is 18.4 Å². The van der Waals surface area contributed by atoms with Gasteiger partial charge in [0.1, 0.15) is 6.26 Å². The fourth-order valence-corrected chi connectivity index (χ4v) is 3.56. The number of carbonyl (C=O) groups excluding carboxylic acids is 1. The molecular weight excluding hydrogens is 290 g/mol. The van der Waals surface area contributed by atoms with E-state index in [0.29, 0.717) is 11.5 Å². The molecule has 3 aliphatic rings. The average molecular weight is 315 g/mol. The van der Waals surface area contributed by atoms with Crippen molar-refractivity contribution in [3.05, 3.63) is 47.9 Å². The third-order valence-electron chi connectivity index (χ3n) is 5.18. The number of piperidine rings is 3. The number of carbonyl (C=O) groups is 1. The molecule has 2 bridgehead atoms. The van der Waals surface area contributed by atoms with Crippen LogP contribution in [0.2, 0.25) is 0 Å². The van der Waals surface area contributed by atoms with E-state index in [4.69, 9.17) is 4.74 Å². The van der Waals surface area contributed by atoms with Crippen LogP contribution in [0, 0.1) is 11.8 Å². The molecule has 4 rings (SSSR count). The Bertz CT molecular complexity index is 588. The van der Waals surface area contributed by atoms with Crippen molar-refractivity contribution in [2.75, 3.05) is 13.1 Å². The second kappa shape index (κ2) is 6.36. The highest BCUT2D eigenvalue weighted by Crippen LogP contribution is 2.35. The van der Waals surface area contributed by atoms with Crippen LogP contribution in [0.5, 0.6) is 0 Å². The maximum absolute atomic E-state index is 12.6. The molecule has 0 saturated carbocycles. The minimum atomic E-state index is -1.62. The first-order valence-electron chi connectivity index (χ1n) is 8.44. The first kappa shape index (κ1) is 16.1. The second-order valence-corrected chi connectivity index (χ2v) is 6.94. The molecular formula is C19H25NO3. The first-order chi connectivity index (χ1) is 11.0. The lowest BCUT2D eigenvalue weighted by molar-refractivity contribution is -0.166. The van der Waals surface area contributed by atoms with Gasteiger partial charge in [-0.2, -0.15) is 0 Å². The Morgan fingerprint density at radius 3 is 2.48 bits per heavy atom. The fraction of sp³-hybridized carbons (Fsp3) is 0.526. The van der Waals surface area contributed by atoms with Gasteiger partial charge in [-0.15, -0.1) is 0 Å². The number of fused-ring (bicyclic) bond motifs is 3. The summed E-state index contributed by atoms with van der Waals surface area (Å²) in [7, 11) is 0. The molecule has 0 aromatic heterocycles. The summed E-state index contributed by atoms with van der Waals surface area (Å²) in [6.45, 7) is 5.74. The van der Waals surface area contributed by atoms with Gasteiger partial charge in [0.25, 0.3) is 0 Å². The standard InChI is InChI=1S/C19H25NO3/c1-14(2)19(22,16-6-4-3-5-7-16)18(21)23-13-17-12-15-8-10-20(17)11-9-15/h3-7,13-15,22H,8-12H2,1-2H3/b17-13+. The van der Waals surface area contributed by atoms with Crippen molar-refractivity contribution in [3.8, 4) is 0 Å². The molecule has 23 heavy (non-hydrogen) atoms. The van der Waals surface area contributed by atoms with Crippen molar-refractivity contribution in [2.24, 2.45) is 11.8 Å². The molecule has 4 heteroatoms.